The van der Waals surface area contributed by atoms with E-state index in [1.54, 1.807) is 11.8 Å². The highest BCUT2D eigenvalue weighted by molar-refractivity contribution is 7.98. The molecule has 1 N–H and O–H groups in total. The molecule has 0 bridgehead atoms. The molecule has 1 saturated heterocycles. The van der Waals surface area contributed by atoms with Crippen LogP contribution < -0.4 is 0 Å². The molecule has 1 unspecified atom stereocenters. The van der Waals surface area contributed by atoms with Crippen molar-refractivity contribution in [2.45, 2.75) is 43.0 Å². The van der Waals surface area contributed by atoms with Gasteiger partial charge in [-0.2, -0.15) is 0 Å². The number of thioether (sulfide) groups is 1. The van der Waals surface area contributed by atoms with Crippen LogP contribution in [0.5, 0.6) is 0 Å². The zero-order valence-electron chi connectivity index (χ0n) is 12.3. The third-order valence-electron chi connectivity index (χ3n) is 4.22. The van der Waals surface area contributed by atoms with Gasteiger partial charge in [-0.3, -0.25) is 9.69 Å². The van der Waals surface area contributed by atoms with Crippen molar-refractivity contribution in [3.8, 4) is 0 Å². The number of carboxylic acid groups (broad SMARTS) is 1. The standard InChI is InChI=1S/C16H23NO2S/c1-16(15(18)19,17-10-4-3-5-11-17)12-13-6-8-14(20-2)9-7-13/h6-9H,3-5,10-12H2,1-2H3,(H,18,19). The molecule has 1 aromatic carbocycles. The van der Waals surface area contributed by atoms with Gasteiger partial charge in [-0.05, 0) is 56.8 Å². The Morgan fingerprint density at radius 3 is 2.35 bits per heavy atom. The number of likely N-dealkylation sites (tertiary alicyclic amines) is 1. The Bertz CT molecular complexity index is 454. The molecular weight excluding hydrogens is 270 g/mol. The van der Waals surface area contributed by atoms with E-state index in [1.165, 1.54) is 11.3 Å². The van der Waals surface area contributed by atoms with Crippen LogP contribution in [0.3, 0.4) is 0 Å². The van der Waals surface area contributed by atoms with E-state index in [0.717, 1.165) is 31.5 Å². The fraction of sp³-hybridized carbons (Fsp3) is 0.562. The second-order valence-corrected chi connectivity index (χ2v) is 6.53. The summed E-state index contributed by atoms with van der Waals surface area (Å²) in [6.07, 6.45) is 6.04. The van der Waals surface area contributed by atoms with Gasteiger partial charge in [0, 0.05) is 11.3 Å². The molecule has 4 heteroatoms. The molecule has 1 fully saturated rings. The van der Waals surface area contributed by atoms with Crippen LogP contribution in [0.1, 0.15) is 31.7 Å². The van der Waals surface area contributed by atoms with Gasteiger partial charge in [0.2, 0.25) is 0 Å². The highest BCUT2D eigenvalue weighted by Gasteiger charge is 2.39. The number of nitrogens with zero attached hydrogens (tertiary/aromatic N) is 1. The average molecular weight is 293 g/mol. The molecule has 3 nitrogen and oxygen atoms in total. The van der Waals surface area contributed by atoms with Crippen molar-refractivity contribution in [1.82, 2.24) is 4.90 Å². The van der Waals surface area contributed by atoms with Gasteiger partial charge < -0.3 is 5.11 Å². The van der Waals surface area contributed by atoms with E-state index in [9.17, 15) is 9.90 Å². The quantitative estimate of drug-likeness (QED) is 0.846. The third-order valence-corrected chi connectivity index (χ3v) is 4.97. The number of benzene rings is 1. The van der Waals surface area contributed by atoms with Crippen molar-refractivity contribution in [3.05, 3.63) is 29.8 Å². The molecule has 110 valence electrons. The normalized spacial score (nSPS) is 19.5. The van der Waals surface area contributed by atoms with Gasteiger partial charge in [-0.25, -0.2) is 0 Å². The van der Waals surface area contributed by atoms with Crippen molar-refractivity contribution < 1.29 is 9.90 Å². The topological polar surface area (TPSA) is 40.5 Å². The van der Waals surface area contributed by atoms with Crippen LogP contribution in [0.2, 0.25) is 0 Å². The first-order valence-electron chi connectivity index (χ1n) is 7.17. The fourth-order valence-electron chi connectivity index (χ4n) is 2.85. The summed E-state index contributed by atoms with van der Waals surface area (Å²) in [5, 5.41) is 9.70. The maximum absolute atomic E-state index is 11.8. The van der Waals surface area contributed by atoms with E-state index in [2.05, 4.69) is 29.2 Å². The van der Waals surface area contributed by atoms with E-state index in [1.807, 2.05) is 13.2 Å². The molecule has 20 heavy (non-hydrogen) atoms. The van der Waals surface area contributed by atoms with Crippen LogP contribution in [0.4, 0.5) is 0 Å². The lowest BCUT2D eigenvalue weighted by Crippen LogP contribution is -2.55. The van der Waals surface area contributed by atoms with Crippen LogP contribution in [0.25, 0.3) is 0 Å². The van der Waals surface area contributed by atoms with Gasteiger partial charge in [-0.1, -0.05) is 18.6 Å². The SMILES string of the molecule is CSc1ccc(CC(C)(C(=O)O)N2CCCCC2)cc1. The zero-order valence-corrected chi connectivity index (χ0v) is 13.1. The number of carbonyl (C=O) groups is 1. The maximum atomic E-state index is 11.8. The number of carboxylic acids is 1. The van der Waals surface area contributed by atoms with Gasteiger partial charge in [0.25, 0.3) is 0 Å². The fourth-order valence-corrected chi connectivity index (χ4v) is 3.26. The predicted molar refractivity (Wildman–Crippen MR) is 83.4 cm³/mol. The lowest BCUT2D eigenvalue weighted by atomic mass is 9.89. The Kier molecular flexibility index (Phi) is 5.11. The number of aliphatic carboxylic acids is 1. The molecule has 0 aromatic heterocycles. The number of rotatable bonds is 5. The Labute approximate surface area is 125 Å². The Balaban J connectivity index is 2.16. The minimum atomic E-state index is -0.790. The molecule has 1 aromatic rings. The lowest BCUT2D eigenvalue weighted by Gasteiger charge is -2.40. The molecule has 1 aliphatic heterocycles. The number of piperidine rings is 1. The molecule has 0 aliphatic carbocycles. The summed E-state index contributed by atoms with van der Waals surface area (Å²) >= 11 is 1.70. The Hall–Kier alpha value is -1.00. The van der Waals surface area contributed by atoms with Crippen LogP contribution in [-0.4, -0.2) is 40.9 Å². The molecule has 2 rings (SSSR count). The van der Waals surface area contributed by atoms with E-state index >= 15 is 0 Å². The van der Waals surface area contributed by atoms with E-state index < -0.39 is 11.5 Å². The molecular formula is C16H23NO2S. The van der Waals surface area contributed by atoms with E-state index in [0.29, 0.717) is 6.42 Å². The average Bonchev–Trinajstić information content (AvgIpc) is 2.48. The minimum Gasteiger partial charge on any atom is -0.480 e. The van der Waals surface area contributed by atoms with Gasteiger partial charge in [0.1, 0.15) is 5.54 Å². The summed E-state index contributed by atoms with van der Waals surface area (Å²) in [6, 6.07) is 8.24. The first-order chi connectivity index (χ1) is 9.56. The Morgan fingerprint density at radius 2 is 1.85 bits per heavy atom. The molecule has 0 spiro atoms. The molecule has 1 aliphatic rings. The van der Waals surface area contributed by atoms with Gasteiger partial charge in [0.15, 0.2) is 0 Å². The second-order valence-electron chi connectivity index (χ2n) is 5.65. The van der Waals surface area contributed by atoms with Crippen molar-refractivity contribution >= 4 is 17.7 Å². The lowest BCUT2D eigenvalue weighted by molar-refractivity contribution is -0.151. The minimum absolute atomic E-state index is 0.566. The van der Waals surface area contributed by atoms with Gasteiger partial charge >= 0.3 is 5.97 Å². The van der Waals surface area contributed by atoms with E-state index in [-0.39, 0.29) is 0 Å². The first-order valence-corrected chi connectivity index (χ1v) is 8.40. The van der Waals surface area contributed by atoms with Crippen LogP contribution in [0, 0.1) is 0 Å². The second kappa shape index (κ2) is 6.64. The van der Waals surface area contributed by atoms with Gasteiger partial charge in [0.05, 0.1) is 0 Å². The van der Waals surface area contributed by atoms with E-state index in [4.69, 9.17) is 0 Å². The summed E-state index contributed by atoms with van der Waals surface area (Å²) < 4.78 is 0. The number of hydrogen-bond acceptors (Lipinski definition) is 3. The van der Waals surface area contributed by atoms with Crippen molar-refractivity contribution in [2.24, 2.45) is 0 Å². The molecule has 0 radical (unpaired) electrons. The smallest absolute Gasteiger partial charge is 0.324 e. The van der Waals surface area contributed by atoms with Gasteiger partial charge in [-0.15, -0.1) is 11.8 Å². The highest BCUT2D eigenvalue weighted by Crippen LogP contribution is 2.26. The summed E-state index contributed by atoms with van der Waals surface area (Å²) in [5.74, 6) is -0.714. The first kappa shape index (κ1) is 15.4. The summed E-state index contributed by atoms with van der Waals surface area (Å²) in [7, 11) is 0. The molecule has 0 amide bonds. The predicted octanol–water partition coefficient (Wildman–Crippen LogP) is 3.28. The van der Waals surface area contributed by atoms with Crippen LogP contribution in [0.15, 0.2) is 29.2 Å². The molecule has 1 atom stereocenters. The number of hydrogen-bond donors (Lipinski definition) is 1. The Morgan fingerprint density at radius 1 is 1.25 bits per heavy atom. The van der Waals surface area contributed by atoms with Crippen LogP contribution in [-0.2, 0) is 11.2 Å². The van der Waals surface area contributed by atoms with Crippen LogP contribution >= 0.6 is 11.8 Å². The van der Waals surface area contributed by atoms with Crippen molar-refractivity contribution in [2.75, 3.05) is 19.3 Å². The summed E-state index contributed by atoms with van der Waals surface area (Å²) in [4.78, 5) is 15.2. The summed E-state index contributed by atoms with van der Waals surface area (Å²) in [6.45, 7) is 3.65. The maximum Gasteiger partial charge on any atom is 0.324 e. The molecule has 1 heterocycles. The third kappa shape index (κ3) is 3.36. The van der Waals surface area contributed by atoms with Crippen molar-refractivity contribution in [1.29, 1.82) is 0 Å². The molecule has 0 saturated carbocycles. The summed E-state index contributed by atoms with van der Waals surface area (Å²) in [5.41, 5.74) is 0.305. The largest absolute Gasteiger partial charge is 0.480 e. The van der Waals surface area contributed by atoms with Crippen molar-refractivity contribution in [3.63, 3.8) is 0 Å². The highest BCUT2D eigenvalue weighted by atomic mass is 32.2. The monoisotopic (exact) mass is 293 g/mol. The zero-order chi connectivity index (χ0) is 14.6.